The number of rotatable bonds is 7. The molecule has 0 unspecified atom stereocenters. The van der Waals surface area contributed by atoms with Gasteiger partial charge in [0.15, 0.2) is 0 Å². The number of nitriles is 1. The first-order valence-electron chi connectivity index (χ1n) is 6.42. The van der Waals surface area contributed by atoms with Crippen molar-refractivity contribution in [1.82, 2.24) is 0 Å². The molecule has 0 amide bonds. The summed E-state index contributed by atoms with van der Waals surface area (Å²) in [6.45, 7) is 4.58. The van der Waals surface area contributed by atoms with Gasteiger partial charge in [-0.3, -0.25) is 0 Å². The molecule has 0 aliphatic rings. The maximum Gasteiger partial charge on any atom is 0.133 e. The van der Waals surface area contributed by atoms with Crippen LogP contribution in [0.15, 0.2) is 22.7 Å². The van der Waals surface area contributed by atoms with E-state index in [1.165, 1.54) is 0 Å². The molecule has 1 aromatic rings. The SMILES string of the molecule is CC(C)(C#N)CCCCOc1ccc(CO)cc1Br. The third kappa shape index (κ3) is 5.63. The van der Waals surface area contributed by atoms with Crippen LogP contribution in [0.25, 0.3) is 0 Å². The summed E-state index contributed by atoms with van der Waals surface area (Å²) in [5, 5.41) is 17.9. The number of aliphatic hydroxyl groups is 1. The lowest BCUT2D eigenvalue weighted by Crippen LogP contribution is -2.08. The number of benzene rings is 1. The Labute approximate surface area is 123 Å². The van der Waals surface area contributed by atoms with Crippen molar-refractivity contribution in [3.05, 3.63) is 28.2 Å². The average Bonchev–Trinajstić information content (AvgIpc) is 2.39. The van der Waals surface area contributed by atoms with E-state index in [1.807, 2.05) is 32.0 Å². The predicted molar refractivity (Wildman–Crippen MR) is 78.8 cm³/mol. The molecule has 0 saturated carbocycles. The lowest BCUT2D eigenvalue weighted by molar-refractivity contribution is 0.280. The molecule has 3 nitrogen and oxygen atoms in total. The van der Waals surface area contributed by atoms with Crippen LogP contribution in [0.4, 0.5) is 0 Å². The Kier molecular flexibility index (Phi) is 6.33. The Morgan fingerprint density at radius 1 is 1.37 bits per heavy atom. The second-order valence-corrected chi connectivity index (χ2v) is 6.08. The first kappa shape index (κ1) is 16.0. The quantitative estimate of drug-likeness (QED) is 0.769. The molecule has 0 radical (unpaired) electrons. The molecule has 104 valence electrons. The van der Waals surface area contributed by atoms with E-state index < -0.39 is 0 Å². The van der Waals surface area contributed by atoms with Crippen molar-refractivity contribution < 1.29 is 9.84 Å². The van der Waals surface area contributed by atoms with Gasteiger partial charge >= 0.3 is 0 Å². The fourth-order valence-electron chi connectivity index (χ4n) is 1.67. The van der Waals surface area contributed by atoms with E-state index in [9.17, 15) is 0 Å². The van der Waals surface area contributed by atoms with E-state index in [4.69, 9.17) is 15.1 Å². The van der Waals surface area contributed by atoms with Gasteiger partial charge in [-0.25, -0.2) is 0 Å². The Balaban J connectivity index is 2.32. The zero-order valence-corrected chi connectivity index (χ0v) is 13.0. The molecule has 0 aliphatic heterocycles. The third-order valence-electron chi connectivity index (χ3n) is 2.94. The number of halogens is 1. The fourth-order valence-corrected chi connectivity index (χ4v) is 2.21. The smallest absolute Gasteiger partial charge is 0.133 e. The summed E-state index contributed by atoms with van der Waals surface area (Å²) in [5.74, 6) is 0.789. The van der Waals surface area contributed by atoms with Gasteiger partial charge in [0.1, 0.15) is 5.75 Å². The summed E-state index contributed by atoms with van der Waals surface area (Å²) < 4.78 is 6.53. The van der Waals surface area contributed by atoms with Crippen LogP contribution in [0.2, 0.25) is 0 Å². The van der Waals surface area contributed by atoms with Gasteiger partial charge in [-0.05, 0) is 66.7 Å². The molecule has 0 bridgehead atoms. The normalized spacial score (nSPS) is 11.1. The number of nitrogens with zero attached hydrogens (tertiary/aromatic N) is 1. The second-order valence-electron chi connectivity index (χ2n) is 5.22. The van der Waals surface area contributed by atoms with Crippen molar-refractivity contribution in [3.8, 4) is 11.8 Å². The highest BCUT2D eigenvalue weighted by Crippen LogP contribution is 2.27. The molecule has 1 aromatic carbocycles. The van der Waals surface area contributed by atoms with Crippen LogP contribution in [0.1, 0.15) is 38.7 Å². The van der Waals surface area contributed by atoms with Gasteiger partial charge in [0.25, 0.3) is 0 Å². The van der Waals surface area contributed by atoms with Crippen molar-refractivity contribution in [1.29, 1.82) is 5.26 Å². The van der Waals surface area contributed by atoms with Crippen LogP contribution < -0.4 is 4.74 Å². The lowest BCUT2D eigenvalue weighted by Gasteiger charge is -2.14. The minimum atomic E-state index is -0.247. The van der Waals surface area contributed by atoms with Gasteiger partial charge in [-0.2, -0.15) is 5.26 Å². The van der Waals surface area contributed by atoms with E-state index in [0.717, 1.165) is 35.0 Å². The highest BCUT2D eigenvalue weighted by atomic mass is 79.9. The molecule has 0 aliphatic carbocycles. The van der Waals surface area contributed by atoms with Gasteiger partial charge in [-0.15, -0.1) is 0 Å². The van der Waals surface area contributed by atoms with Crippen LogP contribution in [0.5, 0.6) is 5.75 Å². The summed E-state index contributed by atoms with van der Waals surface area (Å²) in [4.78, 5) is 0. The maximum atomic E-state index is 9.01. The van der Waals surface area contributed by atoms with E-state index >= 15 is 0 Å². The first-order valence-corrected chi connectivity index (χ1v) is 7.21. The number of hydrogen-bond donors (Lipinski definition) is 1. The molecule has 4 heteroatoms. The highest BCUT2D eigenvalue weighted by molar-refractivity contribution is 9.10. The van der Waals surface area contributed by atoms with Crippen LogP contribution >= 0.6 is 15.9 Å². The van der Waals surface area contributed by atoms with Gasteiger partial charge in [0.05, 0.1) is 29.2 Å². The average molecular weight is 326 g/mol. The standard InChI is InChI=1S/C15H20BrNO2/c1-15(2,11-17)7-3-4-8-19-14-6-5-12(10-18)9-13(14)16/h5-6,9,18H,3-4,7-8,10H2,1-2H3. The van der Waals surface area contributed by atoms with E-state index in [1.54, 1.807) is 0 Å². The van der Waals surface area contributed by atoms with Gasteiger partial charge in [0, 0.05) is 0 Å². The zero-order valence-electron chi connectivity index (χ0n) is 11.4. The molecule has 0 atom stereocenters. The number of hydrogen-bond acceptors (Lipinski definition) is 3. The number of ether oxygens (including phenoxy) is 1. The van der Waals surface area contributed by atoms with Crippen molar-refractivity contribution in [3.63, 3.8) is 0 Å². The molecule has 19 heavy (non-hydrogen) atoms. The maximum absolute atomic E-state index is 9.01. The number of aliphatic hydroxyl groups excluding tert-OH is 1. The summed E-state index contributed by atoms with van der Waals surface area (Å²) in [6, 6.07) is 7.86. The van der Waals surface area contributed by atoms with Crippen LogP contribution in [-0.4, -0.2) is 11.7 Å². The molecule has 0 aromatic heterocycles. The zero-order chi connectivity index (χ0) is 14.3. The largest absolute Gasteiger partial charge is 0.492 e. The van der Waals surface area contributed by atoms with Crippen molar-refractivity contribution in [2.24, 2.45) is 5.41 Å². The fraction of sp³-hybridized carbons (Fsp3) is 0.533. The molecule has 0 saturated heterocycles. The van der Waals surface area contributed by atoms with Gasteiger partial charge in [-0.1, -0.05) is 6.07 Å². The minimum Gasteiger partial charge on any atom is -0.492 e. The first-order chi connectivity index (χ1) is 8.98. The summed E-state index contributed by atoms with van der Waals surface area (Å²) in [7, 11) is 0. The summed E-state index contributed by atoms with van der Waals surface area (Å²) in [5.41, 5.74) is 0.610. The summed E-state index contributed by atoms with van der Waals surface area (Å²) in [6.07, 6.45) is 2.80. The van der Waals surface area contributed by atoms with Crippen molar-refractivity contribution >= 4 is 15.9 Å². The van der Waals surface area contributed by atoms with E-state index in [0.29, 0.717) is 6.61 Å². The highest BCUT2D eigenvalue weighted by Gasteiger charge is 2.15. The van der Waals surface area contributed by atoms with Gasteiger partial charge < -0.3 is 9.84 Å². The van der Waals surface area contributed by atoms with Crippen LogP contribution in [-0.2, 0) is 6.61 Å². The predicted octanol–water partition coefficient (Wildman–Crippen LogP) is 4.04. The van der Waals surface area contributed by atoms with Crippen LogP contribution in [0, 0.1) is 16.7 Å². The monoisotopic (exact) mass is 325 g/mol. The minimum absolute atomic E-state index is 0.0299. The molecule has 0 heterocycles. The molecular weight excluding hydrogens is 306 g/mol. The second kappa shape index (κ2) is 7.52. The molecule has 0 fully saturated rings. The van der Waals surface area contributed by atoms with Gasteiger partial charge in [0.2, 0.25) is 0 Å². The van der Waals surface area contributed by atoms with Crippen molar-refractivity contribution in [2.75, 3.05) is 6.61 Å². The third-order valence-corrected chi connectivity index (χ3v) is 3.55. The van der Waals surface area contributed by atoms with Crippen LogP contribution in [0.3, 0.4) is 0 Å². The Morgan fingerprint density at radius 3 is 2.68 bits per heavy atom. The van der Waals surface area contributed by atoms with E-state index in [2.05, 4.69) is 22.0 Å². The molecular formula is C15H20BrNO2. The Hall–Kier alpha value is -1.05. The Morgan fingerprint density at radius 2 is 2.11 bits per heavy atom. The molecule has 0 spiro atoms. The molecule has 1 N–H and O–H groups in total. The topological polar surface area (TPSA) is 53.2 Å². The Bertz CT molecular complexity index is 452. The lowest BCUT2D eigenvalue weighted by atomic mass is 9.89. The summed E-state index contributed by atoms with van der Waals surface area (Å²) >= 11 is 3.42. The molecule has 1 rings (SSSR count). The van der Waals surface area contributed by atoms with Crippen molar-refractivity contribution in [2.45, 2.75) is 39.7 Å². The number of unbranched alkanes of at least 4 members (excludes halogenated alkanes) is 1. The van der Waals surface area contributed by atoms with E-state index in [-0.39, 0.29) is 12.0 Å².